The summed E-state index contributed by atoms with van der Waals surface area (Å²) in [6, 6.07) is 4.23. The van der Waals surface area contributed by atoms with E-state index in [1.165, 1.54) is 0 Å². The van der Waals surface area contributed by atoms with E-state index in [4.69, 9.17) is 11.6 Å². The third kappa shape index (κ3) is 4.05. The topological polar surface area (TPSA) is 53.6 Å². The lowest BCUT2D eigenvalue weighted by atomic mass is 10.1. The summed E-state index contributed by atoms with van der Waals surface area (Å²) in [7, 11) is 0. The van der Waals surface area contributed by atoms with Crippen molar-refractivity contribution < 1.29 is 0 Å². The van der Waals surface area contributed by atoms with Gasteiger partial charge < -0.3 is 10.3 Å². The van der Waals surface area contributed by atoms with Gasteiger partial charge in [-0.25, -0.2) is 4.98 Å². The molecule has 2 rings (SSSR count). The van der Waals surface area contributed by atoms with Crippen LogP contribution in [0.25, 0.3) is 0 Å². The number of unbranched alkanes of at least 4 members (excludes halogenated alkanes) is 1. The van der Waals surface area contributed by atoms with Gasteiger partial charge in [0.05, 0.1) is 5.69 Å². The maximum absolute atomic E-state index is 6.16. The Morgan fingerprint density at radius 1 is 1.45 bits per heavy atom. The minimum Gasteiger partial charge on any atom is -0.344 e. The number of pyridine rings is 1. The number of aryl methyl sites for hydroxylation is 1. The first-order valence-corrected chi connectivity index (χ1v) is 7.45. The lowest BCUT2D eigenvalue weighted by Gasteiger charge is -2.12. The van der Waals surface area contributed by atoms with E-state index in [0.717, 1.165) is 36.3 Å². The van der Waals surface area contributed by atoms with E-state index in [1.54, 1.807) is 6.20 Å². The van der Waals surface area contributed by atoms with E-state index in [-0.39, 0.29) is 6.04 Å². The molecule has 0 spiro atoms. The Labute approximate surface area is 125 Å². The van der Waals surface area contributed by atoms with Gasteiger partial charge in [-0.3, -0.25) is 4.98 Å². The Kier molecular flexibility index (Phi) is 5.56. The summed E-state index contributed by atoms with van der Waals surface area (Å²) in [6.45, 7) is 4.95. The number of rotatable bonds is 7. The zero-order chi connectivity index (χ0) is 14.4. The molecule has 0 aromatic carbocycles. The van der Waals surface area contributed by atoms with Gasteiger partial charge in [0, 0.05) is 31.4 Å². The summed E-state index contributed by atoms with van der Waals surface area (Å²) >= 11 is 6.16. The fraction of sp³-hybridized carbons (Fsp3) is 0.467. The molecular weight excluding hydrogens is 272 g/mol. The van der Waals surface area contributed by atoms with Crippen LogP contribution >= 0.6 is 11.6 Å². The van der Waals surface area contributed by atoms with Crippen LogP contribution in [0.1, 0.15) is 49.8 Å². The quantitative estimate of drug-likeness (QED) is 0.819. The fourth-order valence-electron chi connectivity index (χ4n) is 2.02. The first-order chi connectivity index (χ1) is 9.70. The largest absolute Gasteiger partial charge is 0.344 e. The van der Waals surface area contributed by atoms with Gasteiger partial charge >= 0.3 is 0 Å². The minimum atomic E-state index is 0.224. The number of aromatic amines is 1. The summed E-state index contributed by atoms with van der Waals surface area (Å²) in [6.07, 6.45) is 6.89. The molecule has 1 unspecified atom stereocenters. The van der Waals surface area contributed by atoms with E-state index in [1.807, 2.05) is 12.3 Å². The van der Waals surface area contributed by atoms with E-state index in [2.05, 4.69) is 40.2 Å². The fourth-order valence-corrected chi connectivity index (χ4v) is 2.24. The number of nitrogens with zero attached hydrogens (tertiary/aromatic N) is 2. The molecule has 2 aromatic heterocycles. The predicted octanol–water partition coefficient (Wildman–Crippen LogP) is 3.65. The molecule has 0 radical (unpaired) electrons. The van der Waals surface area contributed by atoms with Crippen molar-refractivity contribution in [3.8, 4) is 0 Å². The zero-order valence-electron chi connectivity index (χ0n) is 12.0. The highest BCUT2D eigenvalue weighted by Gasteiger charge is 2.10. The maximum Gasteiger partial charge on any atom is 0.151 e. The smallest absolute Gasteiger partial charge is 0.151 e. The summed E-state index contributed by atoms with van der Waals surface area (Å²) in [4.78, 5) is 11.8. The molecule has 2 heterocycles. The summed E-state index contributed by atoms with van der Waals surface area (Å²) < 4.78 is 0. The molecule has 0 saturated carbocycles. The van der Waals surface area contributed by atoms with Gasteiger partial charge in [0.15, 0.2) is 5.15 Å². The van der Waals surface area contributed by atoms with Crippen LogP contribution < -0.4 is 5.32 Å². The molecular formula is C15H21ClN4. The monoisotopic (exact) mass is 292 g/mol. The van der Waals surface area contributed by atoms with Gasteiger partial charge in [-0.05, 0) is 25.0 Å². The van der Waals surface area contributed by atoms with Crippen LogP contribution in [0.5, 0.6) is 0 Å². The van der Waals surface area contributed by atoms with Crippen LogP contribution in [0.2, 0.25) is 5.15 Å². The molecule has 0 fully saturated rings. The molecule has 1 atom stereocenters. The lowest BCUT2D eigenvalue weighted by Crippen LogP contribution is -2.18. The van der Waals surface area contributed by atoms with Crippen molar-refractivity contribution in [1.82, 2.24) is 20.3 Å². The van der Waals surface area contributed by atoms with E-state index in [0.29, 0.717) is 11.7 Å². The maximum atomic E-state index is 6.16. The third-order valence-electron chi connectivity index (χ3n) is 3.31. The van der Waals surface area contributed by atoms with Crippen LogP contribution in [0.3, 0.4) is 0 Å². The normalized spacial score (nSPS) is 12.6. The van der Waals surface area contributed by atoms with Crippen LogP contribution in [-0.2, 0) is 13.0 Å². The molecule has 0 bridgehead atoms. The molecule has 4 nitrogen and oxygen atoms in total. The van der Waals surface area contributed by atoms with E-state index >= 15 is 0 Å². The molecule has 0 amide bonds. The molecule has 108 valence electrons. The number of hydrogen-bond acceptors (Lipinski definition) is 3. The number of hydrogen-bond donors (Lipinski definition) is 2. The van der Waals surface area contributed by atoms with Crippen molar-refractivity contribution >= 4 is 11.6 Å². The highest BCUT2D eigenvalue weighted by atomic mass is 35.5. The molecule has 0 aliphatic rings. The highest BCUT2D eigenvalue weighted by Crippen LogP contribution is 2.16. The average Bonchev–Trinajstić information content (AvgIpc) is 2.83. The first kappa shape index (κ1) is 15.0. The minimum absolute atomic E-state index is 0.224. The summed E-state index contributed by atoms with van der Waals surface area (Å²) in [5.41, 5.74) is 2.11. The Morgan fingerprint density at radius 2 is 2.30 bits per heavy atom. The van der Waals surface area contributed by atoms with Crippen molar-refractivity contribution in [2.45, 2.75) is 45.7 Å². The van der Waals surface area contributed by atoms with Crippen LogP contribution in [-0.4, -0.2) is 15.0 Å². The molecule has 2 N–H and O–H groups in total. The predicted molar refractivity (Wildman–Crippen MR) is 81.7 cm³/mol. The number of halogens is 1. The second-order valence-corrected chi connectivity index (χ2v) is 5.30. The lowest BCUT2D eigenvalue weighted by molar-refractivity contribution is 0.566. The summed E-state index contributed by atoms with van der Waals surface area (Å²) in [5, 5.41) is 4.00. The van der Waals surface area contributed by atoms with Crippen LogP contribution in [0, 0.1) is 0 Å². The van der Waals surface area contributed by atoms with E-state index < -0.39 is 0 Å². The number of nitrogens with one attached hydrogen (secondary N) is 2. The van der Waals surface area contributed by atoms with Crippen molar-refractivity contribution in [1.29, 1.82) is 0 Å². The molecule has 0 aliphatic heterocycles. The third-order valence-corrected chi connectivity index (χ3v) is 3.63. The number of imidazole rings is 1. The van der Waals surface area contributed by atoms with Crippen molar-refractivity contribution in [3.05, 3.63) is 46.8 Å². The SMILES string of the molecule is CCCCc1nc(Cl)c(CNC(C)c2cccnc2)[nH]1. The van der Waals surface area contributed by atoms with Gasteiger partial charge in [0.1, 0.15) is 5.82 Å². The molecule has 2 aromatic rings. The Morgan fingerprint density at radius 3 is 3.00 bits per heavy atom. The first-order valence-electron chi connectivity index (χ1n) is 7.07. The van der Waals surface area contributed by atoms with Crippen molar-refractivity contribution in [2.24, 2.45) is 0 Å². The molecule has 20 heavy (non-hydrogen) atoms. The number of H-pyrrole nitrogens is 1. The second-order valence-electron chi connectivity index (χ2n) is 4.95. The highest BCUT2D eigenvalue weighted by molar-refractivity contribution is 6.30. The Hall–Kier alpha value is -1.39. The van der Waals surface area contributed by atoms with Crippen molar-refractivity contribution in [2.75, 3.05) is 0 Å². The zero-order valence-corrected chi connectivity index (χ0v) is 12.7. The Balaban J connectivity index is 1.92. The van der Waals surface area contributed by atoms with Gasteiger partial charge in [-0.1, -0.05) is 31.0 Å². The second kappa shape index (κ2) is 7.41. The molecule has 0 saturated heterocycles. The van der Waals surface area contributed by atoms with E-state index in [9.17, 15) is 0 Å². The molecule has 0 aliphatic carbocycles. The molecule has 5 heteroatoms. The van der Waals surface area contributed by atoms with Crippen LogP contribution in [0.4, 0.5) is 0 Å². The Bertz CT molecular complexity index is 524. The standard InChI is InChI=1S/C15H21ClN4/c1-3-4-7-14-19-13(15(16)20-14)10-18-11(2)12-6-5-8-17-9-12/h5-6,8-9,11,18H,3-4,7,10H2,1-2H3,(H,19,20). The van der Waals surface area contributed by atoms with Crippen molar-refractivity contribution in [3.63, 3.8) is 0 Å². The average molecular weight is 293 g/mol. The van der Waals surface area contributed by atoms with Gasteiger partial charge in [-0.15, -0.1) is 0 Å². The van der Waals surface area contributed by atoms with Crippen LogP contribution in [0.15, 0.2) is 24.5 Å². The number of aromatic nitrogens is 3. The van der Waals surface area contributed by atoms with Gasteiger partial charge in [0.25, 0.3) is 0 Å². The van der Waals surface area contributed by atoms with Gasteiger partial charge in [-0.2, -0.15) is 0 Å². The van der Waals surface area contributed by atoms with Gasteiger partial charge in [0.2, 0.25) is 0 Å². The summed E-state index contributed by atoms with van der Waals surface area (Å²) in [5.74, 6) is 0.975.